The highest BCUT2D eigenvalue weighted by atomic mass is 16.2. The van der Waals surface area contributed by atoms with E-state index in [2.05, 4.69) is 26.1 Å². The van der Waals surface area contributed by atoms with Crippen molar-refractivity contribution in [3.63, 3.8) is 0 Å². The zero-order valence-electron chi connectivity index (χ0n) is 12.4. The summed E-state index contributed by atoms with van der Waals surface area (Å²) in [6.45, 7) is 8.03. The number of likely N-dealkylation sites (N-methyl/N-ethyl adjacent to an activating group) is 1. The van der Waals surface area contributed by atoms with Gasteiger partial charge in [-0.1, -0.05) is 20.8 Å². The van der Waals surface area contributed by atoms with Crippen molar-refractivity contribution in [1.82, 2.24) is 15.1 Å². The molecule has 0 bridgehead atoms. The summed E-state index contributed by atoms with van der Waals surface area (Å²) in [6.07, 6.45) is 1.77. The number of carbonyl (C=O) groups is 2. The van der Waals surface area contributed by atoms with Crippen LogP contribution in [-0.2, 0) is 9.59 Å². The first kappa shape index (κ1) is 14.3. The van der Waals surface area contributed by atoms with Crippen LogP contribution in [0.2, 0.25) is 0 Å². The molecule has 5 nitrogen and oxygen atoms in total. The third-order valence-electron chi connectivity index (χ3n) is 4.29. The zero-order valence-corrected chi connectivity index (χ0v) is 12.4. The van der Waals surface area contributed by atoms with Crippen LogP contribution in [0.15, 0.2) is 0 Å². The standard InChI is InChI=1S/C14H25N3O2/c1-14(2,3)11(15-4)8-16-9-12(18)17-7-5-6-10(17)13(16)19/h10-11,15H,5-9H2,1-4H3. The summed E-state index contributed by atoms with van der Waals surface area (Å²) in [6, 6.07) is -0.00377. The molecule has 0 aromatic rings. The van der Waals surface area contributed by atoms with Gasteiger partial charge in [-0.3, -0.25) is 9.59 Å². The molecule has 2 saturated heterocycles. The SMILES string of the molecule is CNC(CN1CC(=O)N2CCCC2C1=O)C(C)(C)C. The molecule has 108 valence electrons. The lowest BCUT2D eigenvalue weighted by Gasteiger charge is -2.40. The third-order valence-corrected chi connectivity index (χ3v) is 4.29. The molecule has 0 saturated carbocycles. The number of piperazine rings is 1. The van der Waals surface area contributed by atoms with Gasteiger partial charge >= 0.3 is 0 Å². The molecule has 2 fully saturated rings. The summed E-state index contributed by atoms with van der Waals surface area (Å²) in [5.74, 6) is 0.229. The maximum atomic E-state index is 12.4. The number of nitrogens with zero attached hydrogens (tertiary/aromatic N) is 2. The van der Waals surface area contributed by atoms with E-state index in [1.807, 2.05) is 7.05 Å². The average molecular weight is 267 g/mol. The minimum Gasteiger partial charge on any atom is -0.330 e. The zero-order chi connectivity index (χ0) is 14.2. The summed E-state index contributed by atoms with van der Waals surface area (Å²) in [4.78, 5) is 28.0. The first-order valence-corrected chi connectivity index (χ1v) is 7.10. The molecule has 2 rings (SSSR count). The Hall–Kier alpha value is -1.10. The van der Waals surface area contributed by atoms with E-state index < -0.39 is 0 Å². The average Bonchev–Trinajstić information content (AvgIpc) is 2.80. The Labute approximate surface area is 115 Å². The Morgan fingerprint density at radius 3 is 2.63 bits per heavy atom. The number of rotatable bonds is 3. The van der Waals surface area contributed by atoms with Gasteiger partial charge in [-0.05, 0) is 25.3 Å². The van der Waals surface area contributed by atoms with Gasteiger partial charge in [0.15, 0.2) is 0 Å². The fraction of sp³-hybridized carbons (Fsp3) is 0.857. The van der Waals surface area contributed by atoms with Crippen LogP contribution in [0.1, 0.15) is 33.6 Å². The predicted octanol–water partition coefficient (Wildman–Crippen LogP) is 0.454. The van der Waals surface area contributed by atoms with Crippen molar-refractivity contribution >= 4 is 11.8 Å². The van der Waals surface area contributed by atoms with Crippen LogP contribution in [0.5, 0.6) is 0 Å². The van der Waals surface area contributed by atoms with Gasteiger partial charge in [0, 0.05) is 19.1 Å². The quantitative estimate of drug-likeness (QED) is 0.808. The lowest BCUT2D eigenvalue weighted by Crippen LogP contribution is -2.60. The molecule has 2 unspecified atom stereocenters. The smallest absolute Gasteiger partial charge is 0.245 e. The number of hydrogen-bond donors (Lipinski definition) is 1. The molecular weight excluding hydrogens is 242 g/mol. The van der Waals surface area contributed by atoms with Crippen LogP contribution in [0.3, 0.4) is 0 Å². The Bertz CT molecular complexity index is 375. The molecule has 5 heteroatoms. The Morgan fingerprint density at radius 2 is 2.05 bits per heavy atom. The maximum absolute atomic E-state index is 12.4. The molecule has 1 N–H and O–H groups in total. The van der Waals surface area contributed by atoms with Crippen LogP contribution >= 0.6 is 0 Å². The van der Waals surface area contributed by atoms with Crippen LogP contribution < -0.4 is 5.32 Å². The Kier molecular flexibility index (Phi) is 3.85. The normalized spacial score (nSPS) is 25.8. The highest BCUT2D eigenvalue weighted by Crippen LogP contribution is 2.26. The summed E-state index contributed by atoms with van der Waals surface area (Å²) in [5, 5.41) is 3.27. The molecule has 0 aromatic heterocycles. The van der Waals surface area contributed by atoms with Crippen molar-refractivity contribution in [2.45, 2.75) is 45.7 Å². The first-order chi connectivity index (χ1) is 8.84. The van der Waals surface area contributed by atoms with Crippen LogP contribution in [0.25, 0.3) is 0 Å². The lowest BCUT2D eigenvalue weighted by molar-refractivity contribution is -0.154. The molecule has 2 atom stereocenters. The summed E-state index contributed by atoms with van der Waals surface area (Å²) in [5.41, 5.74) is 0.0604. The van der Waals surface area contributed by atoms with Crippen molar-refractivity contribution in [3.05, 3.63) is 0 Å². The van der Waals surface area contributed by atoms with E-state index in [1.165, 1.54) is 0 Å². The molecule has 0 spiro atoms. The second-order valence-corrected chi connectivity index (χ2v) is 6.67. The lowest BCUT2D eigenvalue weighted by atomic mass is 9.86. The largest absolute Gasteiger partial charge is 0.330 e. The van der Waals surface area contributed by atoms with E-state index in [4.69, 9.17) is 0 Å². The first-order valence-electron chi connectivity index (χ1n) is 7.10. The summed E-state index contributed by atoms with van der Waals surface area (Å²) >= 11 is 0. The van der Waals surface area contributed by atoms with Gasteiger partial charge in [0.2, 0.25) is 11.8 Å². The van der Waals surface area contributed by atoms with E-state index in [9.17, 15) is 9.59 Å². The third kappa shape index (κ3) is 2.76. The minimum atomic E-state index is -0.196. The van der Waals surface area contributed by atoms with Crippen LogP contribution in [-0.4, -0.2) is 60.4 Å². The van der Waals surface area contributed by atoms with E-state index in [0.717, 1.165) is 19.4 Å². The summed E-state index contributed by atoms with van der Waals surface area (Å²) < 4.78 is 0. The van der Waals surface area contributed by atoms with Gasteiger partial charge < -0.3 is 15.1 Å². The number of fused-ring (bicyclic) bond motifs is 1. The number of hydrogen-bond acceptors (Lipinski definition) is 3. The number of nitrogens with one attached hydrogen (secondary N) is 1. The maximum Gasteiger partial charge on any atom is 0.245 e. The monoisotopic (exact) mass is 267 g/mol. The van der Waals surface area contributed by atoms with Gasteiger partial charge in [0.1, 0.15) is 6.04 Å². The fourth-order valence-electron chi connectivity index (χ4n) is 3.04. The molecule has 19 heavy (non-hydrogen) atoms. The van der Waals surface area contributed by atoms with E-state index >= 15 is 0 Å². The topological polar surface area (TPSA) is 52.7 Å². The Balaban J connectivity index is 2.08. The molecule has 0 aromatic carbocycles. The number of amides is 2. The van der Waals surface area contributed by atoms with Crippen molar-refractivity contribution in [1.29, 1.82) is 0 Å². The van der Waals surface area contributed by atoms with Crippen molar-refractivity contribution in [3.8, 4) is 0 Å². The van der Waals surface area contributed by atoms with Crippen molar-refractivity contribution in [2.75, 3.05) is 26.7 Å². The van der Waals surface area contributed by atoms with Crippen LogP contribution in [0, 0.1) is 5.41 Å². The molecule has 0 radical (unpaired) electrons. The van der Waals surface area contributed by atoms with Crippen molar-refractivity contribution in [2.24, 2.45) is 5.41 Å². The number of carbonyl (C=O) groups excluding carboxylic acids is 2. The van der Waals surface area contributed by atoms with Gasteiger partial charge in [-0.15, -0.1) is 0 Å². The fourth-order valence-corrected chi connectivity index (χ4v) is 3.04. The highest BCUT2D eigenvalue weighted by Gasteiger charge is 2.42. The van der Waals surface area contributed by atoms with Crippen LogP contribution in [0.4, 0.5) is 0 Å². The van der Waals surface area contributed by atoms with Gasteiger partial charge in [0.25, 0.3) is 0 Å². The van der Waals surface area contributed by atoms with Crippen molar-refractivity contribution < 1.29 is 9.59 Å². The molecule has 0 aliphatic carbocycles. The van der Waals surface area contributed by atoms with Gasteiger partial charge in [0.05, 0.1) is 6.54 Å². The minimum absolute atomic E-state index is 0.0604. The summed E-state index contributed by atoms with van der Waals surface area (Å²) in [7, 11) is 1.91. The van der Waals surface area contributed by atoms with E-state index in [-0.39, 0.29) is 35.9 Å². The molecule has 2 aliphatic heterocycles. The van der Waals surface area contributed by atoms with Gasteiger partial charge in [-0.2, -0.15) is 0 Å². The van der Waals surface area contributed by atoms with Gasteiger partial charge in [-0.25, -0.2) is 0 Å². The second-order valence-electron chi connectivity index (χ2n) is 6.67. The predicted molar refractivity (Wildman–Crippen MR) is 73.6 cm³/mol. The Morgan fingerprint density at radius 1 is 1.37 bits per heavy atom. The van der Waals surface area contributed by atoms with E-state index in [0.29, 0.717) is 6.54 Å². The highest BCUT2D eigenvalue weighted by molar-refractivity contribution is 5.95. The second kappa shape index (κ2) is 5.12. The van der Waals surface area contributed by atoms with E-state index in [1.54, 1.807) is 9.80 Å². The molecule has 2 heterocycles. The molecule has 2 aliphatic rings. The molecular formula is C14H25N3O2. The molecule has 2 amide bonds.